The topological polar surface area (TPSA) is 41.8 Å². The van der Waals surface area contributed by atoms with Gasteiger partial charge in [0.15, 0.2) is 0 Å². The summed E-state index contributed by atoms with van der Waals surface area (Å²) >= 11 is 0. The quantitative estimate of drug-likeness (QED) is 0.848. The van der Waals surface area contributed by atoms with Crippen molar-refractivity contribution in [1.82, 2.24) is 4.98 Å². The van der Waals surface area contributed by atoms with Gasteiger partial charge in [-0.3, -0.25) is 0 Å². The Balaban J connectivity index is 2.23. The number of hydrogen-bond donors (Lipinski definition) is 2. The zero-order chi connectivity index (χ0) is 12.9. The Bertz CT molecular complexity index is 588. The summed E-state index contributed by atoms with van der Waals surface area (Å²) in [6, 6.07) is 6.80. The zero-order valence-corrected chi connectivity index (χ0v) is 11.5. The van der Waals surface area contributed by atoms with Gasteiger partial charge in [0.2, 0.25) is 0 Å². The smallest absolute Gasteiger partial charge is 0.0459 e. The number of hydrogen-bond acceptors (Lipinski definition) is 1. The second-order valence-electron chi connectivity index (χ2n) is 6.07. The van der Waals surface area contributed by atoms with Crippen molar-refractivity contribution in [2.24, 2.45) is 5.73 Å². The van der Waals surface area contributed by atoms with Gasteiger partial charge in [-0.1, -0.05) is 19.9 Å². The van der Waals surface area contributed by atoms with E-state index in [0.29, 0.717) is 5.92 Å². The Labute approximate surface area is 109 Å². The summed E-state index contributed by atoms with van der Waals surface area (Å²) in [5.41, 5.74) is 11.7. The normalized spacial score (nSPS) is 17.6. The van der Waals surface area contributed by atoms with Gasteiger partial charge in [-0.15, -0.1) is 0 Å². The maximum absolute atomic E-state index is 6.00. The monoisotopic (exact) mass is 242 g/mol. The molecule has 2 aromatic rings. The third-order valence-corrected chi connectivity index (χ3v) is 4.45. The van der Waals surface area contributed by atoms with Crippen LogP contribution in [-0.2, 0) is 5.41 Å². The molecule has 0 unspecified atom stereocenters. The Morgan fingerprint density at radius 1 is 1.33 bits per heavy atom. The molecule has 0 saturated heterocycles. The number of benzene rings is 1. The van der Waals surface area contributed by atoms with E-state index in [-0.39, 0.29) is 5.41 Å². The van der Waals surface area contributed by atoms with Crippen molar-refractivity contribution in [1.29, 1.82) is 0 Å². The first-order valence-corrected chi connectivity index (χ1v) is 6.90. The Kier molecular flexibility index (Phi) is 2.53. The van der Waals surface area contributed by atoms with Crippen LogP contribution in [0.2, 0.25) is 0 Å². The number of aromatic amines is 1. The van der Waals surface area contributed by atoms with Crippen molar-refractivity contribution < 1.29 is 0 Å². The molecule has 1 saturated carbocycles. The van der Waals surface area contributed by atoms with E-state index in [9.17, 15) is 0 Å². The molecule has 0 radical (unpaired) electrons. The van der Waals surface area contributed by atoms with Crippen LogP contribution in [-0.4, -0.2) is 11.5 Å². The molecule has 2 nitrogen and oxygen atoms in total. The molecule has 0 atom stereocenters. The Morgan fingerprint density at radius 3 is 2.61 bits per heavy atom. The zero-order valence-electron chi connectivity index (χ0n) is 11.5. The molecule has 1 aliphatic rings. The molecule has 0 spiro atoms. The van der Waals surface area contributed by atoms with Crippen molar-refractivity contribution in [3.8, 4) is 0 Å². The lowest BCUT2D eigenvalue weighted by molar-refractivity contribution is 0.705. The van der Waals surface area contributed by atoms with E-state index in [0.717, 1.165) is 6.54 Å². The molecule has 1 aromatic heterocycles. The van der Waals surface area contributed by atoms with Crippen molar-refractivity contribution in [2.45, 2.75) is 44.9 Å². The maximum Gasteiger partial charge on any atom is 0.0459 e. The van der Waals surface area contributed by atoms with Crippen LogP contribution in [0.15, 0.2) is 18.2 Å². The van der Waals surface area contributed by atoms with Gasteiger partial charge in [-0.2, -0.15) is 0 Å². The van der Waals surface area contributed by atoms with Crippen LogP contribution in [0.3, 0.4) is 0 Å². The fourth-order valence-electron chi connectivity index (χ4n) is 3.09. The summed E-state index contributed by atoms with van der Waals surface area (Å²) in [6.07, 6.45) is 2.48. The van der Waals surface area contributed by atoms with Crippen molar-refractivity contribution in [3.05, 3.63) is 35.0 Å². The van der Waals surface area contributed by atoms with Crippen LogP contribution < -0.4 is 5.73 Å². The number of aryl methyl sites for hydroxylation is 1. The fourth-order valence-corrected chi connectivity index (χ4v) is 3.09. The predicted octanol–water partition coefficient (Wildman–Crippen LogP) is 3.59. The van der Waals surface area contributed by atoms with E-state index in [4.69, 9.17) is 5.73 Å². The lowest BCUT2D eigenvalue weighted by Crippen LogP contribution is -2.20. The summed E-state index contributed by atoms with van der Waals surface area (Å²) in [4.78, 5) is 3.52. The molecule has 1 aliphatic carbocycles. The highest BCUT2D eigenvalue weighted by Crippen LogP contribution is 2.51. The third kappa shape index (κ3) is 1.59. The van der Waals surface area contributed by atoms with Gasteiger partial charge in [0.25, 0.3) is 0 Å². The second kappa shape index (κ2) is 3.86. The number of nitrogens with two attached hydrogens (primary N) is 1. The molecule has 2 heteroatoms. The highest BCUT2D eigenvalue weighted by molar-refractivity contribution is 5.87. The van der Waals surface area contributed by atoms with Crippen LogP contribution in [0.25, 0.3) is 10.9 Å². The number of rotatable bonds is 3. The second-order valence-corrected chi connectivity index (χ2v) is 6.07. The van der Waals surface area contributed by atoms with E-state index in [1.807, 2.05) is 0 Å². The van der Waals surface area contributed by atoms with Crippen LogP contribution >= 0.6 is 0 Å². The van der Waals surface area contributed by atoms with Gasteiger partial charge in [0.1, 0.15) is 0 Å². The minimum Gasteiger partial charge on any atom is -0.358 e. The van der Waals surface area contributed by atoms with Gasteiger partial charge in [-0.25, -0.2) is 0 Å². The molecule has 1 aromatic carbocycles. The first kappa shape index (κ1) is 11.8. The lowest BCUT2D eigenvalue weighted by atomic mass is 9.91. The molecule has 0 aliphatic heterocycles. The molecule has 0 bridgehead atoms. The molecular formula is C16H22N2. The average Bonchev–Trinajstić information content (AvgIpc) is 3.05. The number of fused-ring (bicyclic) bond motifs is 1. The van der Waals surface area contributed by atoms with Crippen LogP contribution in [0.5, 0.6) is 0 Å². The number of nitrogens with one attached hydrogen (secondary N) is 1. The van der Waals surface area contributed by atoms with E-state index in [1.54, 1.807) is 0 Å². The van der Waals surface area contributed by atoms with Crippen molar-refractivity contribution >= 4 is 10.9 Å². The van der Waals surface area contributed by atoms with E-state index in [1.165, 1.54) is 40.6 Å². The molecule has 18 heavy (non-hydrogen) atoms. The Hall–Kier alpha value is -1.28. The maximum atomic E-state index is 6.00. The van der Waals surface area contributed by atoms with Crippen LogP contribution in [0.1, 0.15) is 49.4 Å². The van der Waals surface area contributed by atoms with Gasteiger partial charge in [-0.05, 0) is 48.9 Å². The molecule has 1 heterocycles. The SMILES string of the molecule is Cc1[nH]c2ccc(C(C)C)cc2c1C1(CN)CC1. The highest BCUT2D eigenvalue weighted by atomic mass is 14.8. The third-order valence-electron chi connectivity index (χ3n) is 4.45. The molecule has 96 valence electrons. The summed E-state index contributed by atoms with van der Waals surface area (Å²) < 4.78 is 0. The fraction of sp³-hybridized carbons (Fsp3) is 0.500. The summed E-state index contributed by atoms with van der Waals surface area (Å²) in [5.74, 6) is 0.575. The molecule has 0 amide bonds. The minimum atomic E-state index is 0.262. The molecule has 1 fully saturated rings. The van der Waals surface area contributed by atoms with Crippen molar-refractivity contribution in [3.63, 3.8) is 0 Å². The molecule has 3 rings (SSSR count). The van der Waals surface area contributed by atoms with Crippen LogP contribution in [0, 0.1) is 6.92 Å². The van der Waals surface area contributed by atoms with E-state index in [2.05, 4.69) is 44.0 Å². The van der Waals surface area contributed by atoms with E-state index >= 15 is 0 Å². The van der Waals surface area contributed by atoms with Crippen LogP contribution in [0.4, 0.5) is 0 Å². The summed E-state index contributed by atoms with van der Waals surface area (Å²) in [5, 5.41) is 1.39. The summed E-state index contributed by atoms with van der Waals surface area (Å²) in [7, 11) is 0. The van der Waals surface area contributed by atoms with Crippen molar-refractivity contribution in [2.75, 3.05) is 6.54 Å². The Morgan fingerprint density at radius 2 is 2.06 bits per heavy atom. The minimum absolute atomic E-state index is 0.262. The highest BCUT2D eigenvalue weighted by Gasteiger charge is 2.45. The average molecular weight is 242 g/mol. The number of H-pyrrole nitrogens is 1. The molecule has 3 N–H and O–H groups in total. The predicted molar refractivity (Wildman–Crippen MR) is 77.1 cm³/mol. The van der Waals surface area contributed by atoms with E-state index < -0.39 is 0 Å². The largest absolute Gasteiger partial charge is 0.358 e. The molecular weight excluding hydrogens is 220 g/mol. The summed E-state index contributed by atoms with van der Waals surface area (Å²) in [6.45, 7) is 7.44. The van der Waals surface area contributed by atoms with Gasteiger partial charge < -0.3 is 10.7 Å². The lowest BCUT2D eigenvalue weighted by Gasteiger charge is -2.14. The first-order valence-electron chi connectivity index (χ1n) is 6.90. The standard InChI is InChI=1S/C16H22N2/c1-10(2)12-4-5-14-13(8-12)15(11(3)18-14)16(9-17)6-7-16/h4-5,8,10,18H,6-7,9,17H2,1-3H3. The first-order chi connectivity index (χ1) is 8.57. The number of aromatic nitrogens is 1. The van der Waals surface area contributed by atoms with Gasteiger partial charge in [0.05, 0.1) is 0 Å². The van der Waals surface area contributed by atoms with Gasteiger partial charge >= 0.3 is 0 Å². The van der Waals surface area contributed by atoms with Gasteiger partial charge in [0, 0.05) is 28.6 Å².